The van der Waals surface area contributed by atoms with Crippen LogP contribution in [0.5, 0.6) is 0 Å². The molecule has 0 aliphatic carbocycles. The first-order valence-electron chi connectivity index (χ1n) is 15.5. The maximum absolute atomic E-state index is 13.9. The SMILES string of the molecule is CCN1CCC(n2cc([C@@H](Nc3cc(Cl)cc4c(Nc5ccc(F)c(Cl)c5)c(C#N)cnc34)c3ccc4ccccc4c3)nn2)CC1. The van der Waals surface area contributed by atoms with Gasteiger partial charge in [0.05, 0.1) is 45.8 Å². The molecule has 0 saturated carbocycles. The van der Waals surface area contributed by atoms with Crippen molar-refractivity contribution in [1.82, 2.24) is 24.9 Å². The first-order chi connectivity index (χ1) is 22.9. The zero-order valence-corrected chi connectivity index (χ0v) is 27.1. The summed E-state index contributed by atoms with van der Waals surface area (Å²) in [6.07, 6.45) is 5.59. The first-order valence-corrected chi connectivity index (χ1v) is 16.3. The third kappa shape index (κ3) is 6.32. The lowest BCUT2D eigenvalue weighted by Crippen LogP contribution is -2.34. The minimum absolute atomic E-state index is 0.0329. The van der Waals surface area contributed by atoms with Gasteiger partial charge < -0.3 is 15.5 Å². The van der Waals surface area contributed by atoms with Gasteiger partial charge in [-0.05, 0) is 72.1 Å². The summed E-state index contributed by atoms with van der Waals surface area (Å²) in [6.45, 7) is 5.32. The molecule has 0 spiro atoms. The summed E-state index contributed by atoms with van der Waals surface area (Å²) in [5, 5.41) is 29.5. The summed E-state index contributed by atoms with van der Waals surface area (Å²) in [5.41, 5.74) is 4.31. The maximum atomic E-state index is 13.9. The average Bonchev–Trinajstić information content (AvgIpc) is 3.59. The minimum atomic E-state index is -0.532. The van der Waals surface area contributed by atoms with E-state index in [1.807, 2.05) is 29.1 Å². The van der Waals surface area contributed by atoms with E-state index in [0.717, 1.165) is 54.5 Å². The summed E-state index contributed by atoms with van der Waals surface area (Å²) in [5.74, 6) is -0.532. The molecule has 236 valence electrons. The van der Waals surface area contributed by atoms with Crippen LogP contribution in [0.4, 0.5) is 21.5 Å². The van der Waals surface area contributed by atoms with E-state index in [1.165, 1.54) is 18.3 Å². The Morgan fingerprint density at radius 2 is 1.83 bits per heavy atom. The van der Waals surface area contributed by atoms with Gasteiger partial charge in [0.25, 0.3) is 0 Å². The van der Waals surface area contributed by atoms with E-state index in [4.69, 9.17) is 28.2 Å². The van der Waals surface area contributed by atoms with Crippen molar-refractivity contribution in [3.63, 3.8) is 0 Å². The fourth-order valence-corrected chi connectivity index (χ4v) is 6.69. The van der Waals surface area contributed by atoms with Crippen LogP contribution in [0, 0.1) is 17.1 Å². The molecule has 6 aromatic rings. The summed E-state index contributed by atoms with van der Waals surface area (Å²) >= 11 is 12.8. The number of likely N-dealkylation sites (tertiary alicyclic amines) is 1. The molecule has 1 fully saturated rings. The second kappa shape index (κ2) is 13.2. The molecule has 0 amide bonds. The third-order valence-electron chi connectivity index (χ3n) is 8.85. The van der Waals surface area contributed by atoms with Gasteiger partial charge in [0.15, 0.2) is 0 Å². The molecule has 11 heteroatoms. The van der Waals surface area contributed by atoms with Gasteiger partial charge in [-0.25, -0.2) is 9.07 Å². The number of halogens is 3. The number of pyridine rings is 1. The molecule has 4 aromatic carbocycles. The Bertz CT molecular complexity index is 2130. The van der Waals surface area contributed by atoms with E-state index >= 15 is 0 Å². The Kier molecular flexibility index (Phi) is 8.65. The highest BCUT2D eigenvalue weighted by Crippen LogP contribution is 2.38. The molecule has 1 aliphatic heterocycles. The lowest BCUT2D eigenvalue weighted by Gasteiger charge is -2.30. The number of benzene rings is 4. The molecule has 0 radical (unpaired) electrons. The van der Waals surface area contributed by atoms with Gasteiger partial charge >= 0.3 is 0 Å². The number of anilines is 3. The number of nitriles is 1. The van der Waals surface area contributed by atoms with Crippen LogP contribution < -0.4 is 10.6 Å². The van der Waals surface area contributed by atoms with E-state index in [0.29, 0.717) is 38.6 Å². The number of nitrogens with one attached hydrogen (secondary N) is 2. The fourth-order valence-electron chi connectivity index (χ4n) is 6.29. The van der Waals surface area contributed by atoms with Crippen molar-refractivity contribution in [1.29, 1.82) is 5.26 Å². The lowest BCUT2D eigenvalue weighted by molar-refractivity contribution is 0.186. The van der Waals surface area contributed by atoms with Crippen LogP contribution in [0.15, 0.2) is 85.2 Å². The molecule has 2 aromatic heterocycles. The Morgan fingerprint density at radius 1 is 1.02 bits per heavy atom. The predicted octanol–water partition coefficient (Wildman–Crippen LogP) is 8.90. The molecule has 7 rings (SSSR count). The molecule has 0 bridgehead atoms. The second-order valence-electron chi connectivity index (χ2n) is 11.7. The molecule has 1 aliphatic rings. The fraction of sp³-hybridized carbons (Fsp3) is 0.222. The van der Waals surface area contributed by atoms with E-state index in [1.54, 1.807) is 12.1 Å². The van der Waals surface area contributed by atoms with E-state index < -0.39 is 11.9 Å². The maximum Gasteiger partial charge on any atom is 0.141 e. The average molecular weight is 666 g/mol. The third-order valence-corrected chi connectivity index (χ3v) is 9.36. The van der Waals surface area contributed by atoms with E-state index in [2.05, 4.69) is 69.2 Å². The van der Waals surface area contributed by atoms with Crippen molar-refractivity contribution >= 4 is 61.9 Å². The quantitative estimate of drug-likeness (QED) is 0.168. The largest absolute Gasteiger partial charge is 0.371 e. The monoisotopic (exact) mass is 664 g/mol. The topological polar surface area (TPSA) is 94.7 Å². The minimum Gasteiger partial charge on any atom is -0.371 e. The predicted molar refractivity (Wildman–Crippen MR) is 186 cm³/mol. The highest BCUT2D eigenvalue weighted by Gasteiger charge is 2.25. The van der Waals surface area contributed by atoms with Crippen molar-refractivity contribution < 1.29 is 4.39 Å². The number of aromatic nitrogens is 4. The number of rotatable bonds is 8. The van der Waals surface area contributed by atoms with Crippen molar-refractivity contribution in [2.45, 2.75) is 31.8 Å². The van der Waals surface area contributed by atoms with Crippen LogP contribution in [0.1, 0.15) is 48.7 Å². The Labute approximate surface area is 281 Å². The van der Waals surface area contributed by atoms with Crippen molar-refractivity contribution in [2.24, 2.45) is 0 Å². The molecular formula is C36H31Cl2FN8. The normalized spacial score (nSPS) is 14.7. The zero-order valence-electron chi connectivity index (χ0n) is 25.6. The molecule has 1 saturated heterocycles. The molecule has 8 nitrogen and oxygen atoms in total. The lowest BCUT2D eigenvalue weighted by atomic mass is 9.99. The number of piperidine rings is 1. The summed E-state index contributed by atoms with van der Waals surface area (Å²) in [7, 11) is 0. The van der Waals surface area contributed by atoms with E-state index in [9.17, 15) is 9.65 Å². The van der Waals surface area contributed by atoms with Gasteiger partial charge in [0.2, 0.25) is 0 Å². The number of nitrogens with zero attached hydrogens (tertiary/aromatic N) is 6. The summed E-state index contributed by atoms with van der Waals surface area (Å²) in [6, 6.07) is 24.6. The van der Waals surface area contributed by atoms with Crippen molar-refractivity contribution in [2.75, 3.05) is 30.3 Å². The Morgan fingerprint density at radius 3 is 2.60 bits per heavy atom. The second-order valence-corrected chi connectivity index (χ2v) is 12.6. The van der Waals surface area contributed by atoms with Crippen LogP contribution >= 0.6 is 23.2 Å². The van der Waals surface area contributed by atoms with Crippen molar-refractivity contribution in [3.05, 3.63) is 118 Å². The highest BCUT2D eigenvalue weighted by molar-refractivity contribution is 6.32. The molecule has 47 heavy (non-hydrogen) atoms. The van der Waals surface area contributed by atoms with Crippen molar-refractivity contribution in [3.8, 4) is 6.07 Å². The van der Waals surface area contributed by atoms with Crippen LogP contribution in [0.2, 0.25) is 10.0 Å². The summed E-state index contributed by atoms with van der Waals surface area (Å²) < 4.78 is 15.9. The molecule has 1 atom stereocenters. The van der Waals surface area contributed by atoms with Crippen LogP contribution in [0.25, 0.3) is 21.7 Å². The summed E-state index contributed by atoms with van der Waals surface area (Å²) in [4.78, 5) is 7.15. The van der Waals surface area contributed by atoms with Gasteiger partial charge in [-0.1, -0.05) is 71.7 Å². The van der Waals surface area contributed by atoms with Gasteiger partial charge in [0, 0.05) is 35.4 Å². The highest BCUT2D eigenvalue weighted by atomic mass is 35.5. The van der Waals surface area contributed by atoms with Crippen LogP contribution in [-0.4, -0.2) is 44.5 Å². The van der Waals surface area contributed by atoms with Crippen LogP contribution in [0.3, 0.4) is 0 Å². The molecular weight excluding hydrogens is 634 g/mol. The standard InChI is InChI=1S/C36H31Cl2FN8/c1-2-46-13-11-28(12-14-46)47-21-33(44-45-47)35(24-8-7-22-5-3-4-6-23(22)15-24)43-32-17-26(37)16-29-34(25(19-40)20-41-36(29)32)42-27-9-10-31(39)30(38)18-27/h3-10,15-18,20-21,28,35,43H,2,11-14H2,1H3,(H,41,42)/t35-/m0/s1. The molecule has 3 heterocycles. The van der Waals surface area contributed by atoms with Gasteiger partial charge in [0.1, 0.15) is 17.6 Å². The van der Waals surface area contributed by atoms with Gasteiger partial charge in [-0.2, -0.15) is 5.26 Å². The number of fused-ring (bicyclic) bond motifs is 2. The number of hydrogen-bond acceptors (Lipinski definition) is 7. The van der Waals surface area contributed by atoms with Gasteiger partial charge in [-0.3, -0.25) is 4.98 Å². The van der Waals surface area contributed by atoms with Gasteiger partial charge in [-0.15, -0.1) is 5.10 Å². The zero-order chi connectivity index (χ0) is 32.5. The molecule has 0 unspecified atom stereocenters. The van der Waals surface area contributed by atoms with E-state index in [-0.39, 0.29) is 11.1 Å². The number of hydrogen-bond donors (Lipinski definition) is 2. The first kappa shape index (κ1) is 30.9. The van der Waals surface area contributed by atoms with Crippen LogP contribution in [-0.2, 0) is 0 Å². The Balaban J connectivity index is 1.31. The smallest absolute Gasteiger partial charge is 0.141 e. The Hall–Kier alpha value is -4.75. The molecule has 2 N–H and O–H groups in total.